The number of rotatable bonds is 7. The molecule has 2 aromatic carbocycles. The maximum atomic E-state index is 12.5. The van der Waals surface area contributed by atoms with Gasteiger partial charge in [-0.1, -0.05) is 24.3 Å². The lowest BCUT2D eigenvalue weighted by Gasteiger charge is -2.39. The Morgan fingerprint density at radius 2 is 1.62 bits per heavy atom. The highest BCUT2D eigenvalue weighted by atomic mass is 16.5. The number of pyridine rings is 1. The molecule has 0 saturated carbocycles. The Balaban J connectivity index is 1.20. The number of carbonyl (C=O) groups is 2. The normalized spacial score (nSPS) is 13.2. The number of aromatic nitrogens is 1. The van der Waals surface area contributed by atoms with E-state index in [-0.39, 0.29) is 11.9 Å². The average Bonchev–Trinajstić information content (AvgIpc) is 2.79. The van der Waals surface area contributed by atoms with Crippen molar-refractivity contribution in [2.75, 3.05) is 25.5 Å². The fourth-order valence-electron chi connectivity index (χ4n) is 3.62. The van der Waals surface area contributed by atoms with Gasteiger partial charge in [0, 0.05) is 43.6 Å². The third-order valence-corrected chi connectivity index (χ3v) is 5.59. The molecule has 0 radical (unpaired) electrons. The van der Waals surface area contributed by atoms with Crippen LogP contribution in [0.1, 0.15) is 22.6 Å². The van der Waals surface area contributed by atoms with Crippen LogP contribution in [0.4, 0.5) is 10.5 Å². The fraction of sp³-hybridized carbons (Fsp3) is 0.240. The Bertz CT molecular complexity index is 1050. The van der Waals surface area contributed by atoms with Gasteiger partial charge in [0.15, 0.2) is 0 Å². The molecule has 1 aliphatic heterocycles. The molecule has 0 aliphatic carbocycles. The van der Waals surface area contributed by atoms with Crippen LogP contribution in [0.15, 0.2) is 73.1 Å². The number of methoxy groups -OCH3 is 1. The third-order valence-electron chi connectivity index (χ3n) is 5.59. The van der Waals surface area contributed by atoms with Crippen molar-refractivity contribution >= 4 is 17.6 Å². The van der Waals surface area contributed by atoms with Gasteiger partial charge >= 0.3 is 6.03 Å². The van der Waals surface area contributed by atoms with E-state index in [1.165, 1.54) is 5.56 Å². The summed E-state index contributed by atoms with van der Waals surface area (Å²) in [5, 5.41) is 5.63. The van der Waals surface area contributed by atoms with E-state index in [1.54, 1.807) is 19.5 Å². The van der Waals surface area contributed by atoms with Gasteiger partial charge in [0.25, 0.3) is 0 Å². The molecule has 0 spiro atoms. The number of nitrogens with zero attached hydrogens (tertiary/aromatic N) is 2. The Morgan fingerprint density at radius 1 is 0.969 bits per heavy atom. The molecule has 1 aliphatic rings. The van der Waals surface area contributed by atoms with Crippen LogP contribution in [0.3, 0.4) is 0 Å². The number of likely N-dealkylation sites (tertiary alicyclic amines) is 1. The van der Waals surface area contributed by atoms with Crippen molar-refractivity contribution in [1.29, 1.82) is 0 Å². The van der Waals surface area contributed by atoms with Crippen LogP contribution in [0.5, 0.6) is 5.75 Å². The maximum Gasteiger partial charge on any atom is 0.319 e. The van der Waals surface area contributed by atoms with Gasteiger partial charge in [-0.05, 0) is 53.1 Å². The van der Waals surface area contributed by atoms with E-state index in [0.29, 0.717) is 24.6 Å². The molecular formula is C25H26N4O3. The Hall–Kier alpha value is -3.87. The van der Waals surface area contributed by atoms with E-state index in [9.17, 15) is 9.59 Å². The number of hydrogen-bond acceptors (Lipinski definition) is 4. The second-order valence-electron chi connectivity index (χ2n) is 7.81. The minimum Gasteiger partial charge on any atom is -0.497 e. The summed E-state index contributed by atoms with van der Waals surface area (Å²) in [5.41, 5.74) is 3.80. The number of hydrogen-bond donors (Lipinski definition) is 2. The van der Waals surface area contributed by atoms with Gasteiger partial charge in [-0.3, -0.25) is 9.78 Å². The maximum absolute atomic E-state index is 12.5. The van der Waals surface area contributed by atoms with Crippen LogP contribution >= 0.6 is 0 Å². The van der Waals surface area contributed by atoms with Crippen LogP contribution in [0.2, 0.25) is 0 Å². The molecule has 164 valence electrons. The number of nitrogens with one attached hydrogen (secondary N) is 2. The number of benzene rings is 2. The van der Waals surface area contributed by atoms with Crippen LogP contribution in [-0.2, 0) is 17.8 Å². The molecule has 1 saturated heterocycles. The predicted molar refractivity (Wildman–Crippen MR) is 123 cm³/mol. The number of anilines is 1. The van der Waals surface area contributed by atoms with Crippen molar-refractivity contribution in [1.82, 2.24) is 15.2 Å². The lowest BCUT2D eigenvalue weighted by atomic mass is 9.91. The molecule has 1 aromatic heterocycles. The van der Waals surface area contributed by atoms with Crippen molar-refractivity contribution in [3.63, 3.8) is 0 Å². The molecule has 0 bridgehead atoms. The van der Waals surface area contributed by atoms with Gasteiger partial charge in [0.05, 0.1) is 13.5 Å². The smallest absolute Gasteiger partial charge is 0.319 e. The lowest BCUT2D eigenvalue weighted by molar-refractivity contribution is -0.134. The van der Waals surface area contributed by atoms with E-state index in [0.717, 1.165) is 30.0 Å². The van der Waals surface area contributed by atoms with Crippen molar-refractivity contribution in [2.24, 2.45) is 0 Å². The van der Waals surface area contributed by atoms with Crippen LogP contribution in [-0.4, -0.2) is 42.0 Å². The summed E-state index contributed by atoms with van der Waals surface area (Å²) in [6, 6.07) is 18.6. The van der Waals surface area contributed by atoms with Crippen LogP contribution in [0, 0.1) is 0 Å². The molecular weight excluding hydrogens is 404 g/mol. The standard InChI is InChI=1S/C25H26N4O3/c1-32-23-8-4-19(5-9-23)15-27-25(31)28-22-6-2-18(3-7-22)14-24(30)29-16-21(17-29)20-10-12-26-13-11-20/h2-13,21H,14-17H2,1H3,(H2,27,28,31). The predicted octanol–water partition coefficient (Wildman–Crippen LogP) is 3.58. The van der Waals surface area contributed by atoms with Crippen molar-refractivity contribution < 1.29 is 14.3 Å². The number of ether oxygens (including phenoxy) is 1. The first kappa shape index (κ1) is 21.4. The lowest BCUT2D eigenvalue weighted by Crippen LogP contribution is -2.49. The van der Waals surface area contributed by atoms with Gasteiger partial charge in [0.2, 0.25) is 5.91 Å². The summed E-state index contributed by atoms with van der Waals surface area (Å²) >= 11 is 0. The number of urea groups is 1. The first-order chi connectivity index (χ1) is 15.6. The molecule has 4 rings (SSSR count). The molecule has 7 heteroatoms. The first-order valence-electron chi connectivity index (χ1n) is 10.5. The number of carbonyl (C=O) groups excluding carboxylic acids is 2. The first-order valence-corrected chi connectivity index (χ1v) is 10.5. The second kappa shape index (κ2) is 9.96. The largest absolute Gasteiger partial charge is 0.497 e. The van der Waals surface area contributed by atoms with Crippen molar-refractivity contribution in [2.45, 2.75) is 18.9 Å². The zero-order valence-corrected chi connectivity index (χ0v) is 18.0. The topological polar surface area (TPSA) is 83.6 Å². The van der Waals surface area contributed by atoms with Crippen LogP contribution < -0.4 is 15.4 Å². The minimum atomic E-state index is -0.285. The molecule has 0 atom stereocenters. The van der Waals surface area contributed by atoms with Gasteiger partial charge in [-0.25, -0.2) is 4.79 Å². The zero-order valence-electron chi connectivity index (χ0n) is 18.0. The molecule has 3 aromatic rings. The molecule has 7 nitrogen and oxygen atoms in total. The summed E-state index contributed by atoms with van der Waals surface area (Å²) < 4.78 is 5.13. The third kappa shape index (κ3) is 5.43. The highest BCUT2D eigenvalue weighted by Gasteiger charge is 2.31. The van der Waals surface area contributed by atoms with Gasteiger partial charge in [0.1, 0.15) is 5.75 Å². The molecule has 1 fully saturated rings. The van der Waals surface area contributed by atoms with E-state index in [1.807, 2.05) is 65.6 Å². The summed E-state index contributed by atoms with van der Waals surface area (Å²) in [5.74, 6) is 1.29. The highest BCUT2D eigenvalue weighted by Crippen LogP contribution is 2.27. The fourth-order valence-corrected chi connectivity index (χ4v) is 3.62. The van der Waals surface area contributed by atoms with E-state index < -0.39 is 0 Å². The quantitative estimate of drug-likeness (QED) is 0.600. The van der Waals surface area contributed by atoms with Gasteiger partial charge in [-0.2, -0.15) is 0 Å². The van der Waals surface area contributed by atoms with E-state index in [2.05, 4.69) is 15.6 Å². The summed E-state index contributed by atoms with van der Waals surface area (Å²) in [6.45, 7) is 1.91. The van der Waals surface area contributed by atoms with Crippen molar-refractivity contribution in [3.05, 3.63) is 89.7 Å². The van der Waals surface area contributed by atoms with Gasteiger partial charge in [-0.15, -0.1) is 0 Å². The van der Waals surface area contributed by atoms with Crippen molar-refractivity contribution in [3.8, 4) is 5.75 Å². The molecule has 32 heavy (non-hydrogen) atoms. The average molecular weight is 431 g/mol. The zero-order chi connectivity index (χ0) is 22.3. The second-order valence-corrected chi connectivity index (χ2v) is 7.81. The molecule has 2 N–H and O–H groups in total. The highest BCUT2D eigenvalue weighted by molar-refractivity contribution is 5.89. The van der Waals surface area contributed by atoms with E-state index in [4.69, 9.17) is 4.74 Å². The summed E-state index contributed by atoms with van der Waals surface area (Å²) in [6.07, 6.45) is 3.93. The van der Waals surface area contributed by atoms with Gasteiger partial charge < -0.3 is 20.3 Å². The monoisotopic (exact) mass is 430 g/mol. The van der Waals surface area contributed by atoms with E-state index >= 15 is 0 Å². The Labute approximate surface area is 187 Å². The molecule has 3 amide bonds. The molecule has 2 heterocycles. The Morgan fingerprint density at radius 3 is 2.28 bits per heavy atom. The number of amides is 3. The Kier molecular flexibility index (Phi) is 6.65. The SMILES string of the molecule is COc1ccc(CNC(=O)Nc2ccc(CC(=O)N3CC(c4ccncc4)C3)cc2)cc1. The minimum absolute atomic E-state index is 0.119. The summed E-state index contributed by atoms with van der Waals surface area (Å²) in [4.78, 5) is 30.6. The van der Waals surface area contributed by atoms with Crippen LogP contribution in [0.25, 0.3) is 0 Å². The molecule has 0 unspecified atom stereocenters. The summed E-state index contributed by atoms with van der Waals surface area (Å²) in [7, 11) is 1.62.